The summed E-state index contributed by atoms with van der Waals surface area (Å²) in [4.78, 5) is 17.4. The van der Waals surface area contributed by atoms with Crippen LogP contribution in [-0.2, 0) is 0 Å². The van der Waals surface area contributed by atoms with Gasteiger partial charge in [0.25, 0.3) is 0 Å². The Kier molecular flexibility index (Phi) is 1.99. The van der Waals surface area contributed by atoms with Crippen LogP contribution in [0, 0.1) is 0 Å². The van der Waals surface area contributed by atoms with E-state index in [4.69, 9.17) is 9.59 Å². The van der Waals surface area contributed by atoms with Gasteiger partial charge in [-0.15, -0.1) is 0 Å². The fourth-order valence-corrected chi connectivity index (χ4v) is 1.19. The van der Waals surface area contributed by atoms with Crippen molar-refractivity contribution in [2.24, 2.45) is 0 Å². The third-order valence-corrected chi connectivity index (χ3v) is 2.08. The maximum atomic E-state index is 8.72. The molecule has 0 aliphatic heterocycles. The van der Waals surface area contributed by atoms with Crippen molar-refractivity contribution in [2.45, 2.75) is 0 Å². The second-order valence-corrected chi connectivity index (χ2v) is 3.20. The third kappa shape index (κ3) is 1.64. The van der Waals surface area contributed by atoms with E-state index in [0.717, 1.165) is 0 Å². The van der Waals surface area contributed by atoms with Gasteiger partial charge in [0.15, 0.2) is 0 Å². The van der Waals surface area contributed by atoms with Crippen molar-refractivity contribution in [3.05, 3.63) is 30.3 Å². The molecule has 0 saturated carbocycles. The molecule has 0 aliphatic carbocycles. The zero-order chi connectivity index (χ0) is 6.69. The van der Waals surface area contributed by atoms with Crippen molar-refractivity contribution < 1.29 is 9.59 Å². The van der Waals surface area contributed by atoms with E-state index < -0.39 is 9.28 Å². The molecule has 0 saturated heterocycles. The van der Waals surface area contributed by atoms with Crippen LogP contribution in [0.5, 0.6) is 0 Å². The molecule has 2 nitrogen and oxygen atoms in total. The van der Waals surface area contributed by atoms with Gasteiger partial charge in [-0.05, 0) is 5.19 Å². The largest absolute Gasteiger partial charge is 0.410 e. The summed E-state index contributed by atoms with van der Waals surface area (Å²) in [5.74, 6) is 0. The van der Waals surface area contributed by atoms with Gasteiger partial charge in [-0.25, -0.2) is 0 Å². The van der Waals surface area contributed by atoms with E-state index in [0.29, 0.717) is 5.19 Å². The summed E-state index contributed by atoms with van der Waals surface area (Å²) in [6.45, 7) is 0. The summed E-state index contributed by atoms with van der Waals surface area (Å²) in [5.41, 5.74) is 0. The zero-order valence-electron chi connectivity index (χ0n) is 4.86. The van der Waals surface area contributed by atoms with Gasteiger partial charge in [0, 0.05) is 0 Å². The molecule has 48 valence electrons. The standard InChI is InChI=1S/C6H8O2Si/c7-9(8)6-4-2-1-3-5-6/h1-5,7-9H. The van der Waals surface area contributed by atoms with Crippen LogP contribution in [0.15, 0.2) is 30.3 Å². The van der Waals surface area contributed by atoms with Crippen LogP contribution in [0.25, 0.3) is 0 Å². The Morgan fingerprint density at radius 1 is 1.00 bits per heavy atom. The highest BCUT2D eigenvalue weighted by molar-refractivity contribution is 6.58. The van der Waals surface area contributed by atoms with E-state index in [1.807, 2.05) is 6.07 Å². The van der Waals surface area contributed by atoms with Crippen LogP contribution in [-0.4, -0.2) is 18.9 Å². The van der Waals surface area contributed by atoms with Gasteiger partial charge in [-0.3, -0.25) is 0 Å². The SMILES string of the molecule is O[SiH](O)c1ccccc1. The maximum Gasteiger partial charge on any atom is 0.350 e. The second kappa shape index (κ2) is 2.77. The Morgan fingerprint density at radius 3 is 1.89 bits per heavy atom. The molecule has 0 aliphatic rings. The molecule has 0 radical (unpaired) electrons. The average molecular weight is 140 g/mol. The minimum Gasteiger partial charge on any atom is -0.410 e. The van der Waals surface area contributed by atoms with E-state index in [2.05, 4.69) is 0 Å². The lowest BCUT2D eigenvalue weighted by molar-refractivity contribution is 0.426. The number of hydrogen-bond acceptors (Lipinski definition) is 2. The Balaban J connectivity index is 2.85. The van der Waals surface area contributed by atoms with Gasteiger partial charge >= 0.3 is 9.28 Å². The molecule has 0 spiro atoms. The lowest BCUT2D eigenvalue weighted by atomic mass is 10.4. The van der Waals surface area contributed by atoms with E-state index in [9.17, 15) is 0 Å². The number of rotatable bonds is 1. The van der Waals surface area contributed by atoms with Gasteiger partial charge in [0.05, 0.1) is 0 Å². The Labute approximate surface area is 55.2 Å². The van der Waals surface area contributed by atoms with Crippen LogP contribution >= 0.6 is 0 Å². The predicted molar refractivity (Wildman–Crippen MR) is 37.7 cm³/mol. The molecular weight excluding hydrogens is 132 g/mol. The predicted octanol–water partition coefficient (Wildman–Crippen LogP) is -0.901. The van der Waals surface area contributed by atoms with Gasteiger partial charge in [0.2, 0.25) is 0 Å². The molecule has 9 heavy (non-hydrogen) atoms. The second-order valence-electron chi connectivity index (χ2n) is 1.78. The fraction of sp³-hybridized carbons (Fsp3) is 0. The van der Waals surface area contributed by atoms with Crippen LogP contribution in [0.1, 0.15) is 0 Å². The maximum absolute atomic E-state index is 8.72. The van der Waals surface area contributed by atoms with Crippen molar-refractivity contribution in [1.82, 2.24) is 0 Å². The monoisotopic (exact) mass is 140 g/mol. The summed E-state index contributed by atoms with van der Waals surface area (Å²) >= 11 is 0. The van der Waals surface area contributed by atoms with E-state index >= 15 is 0 Å². The van der Waals surface area contributed by atoms with Gasteiger partial charge < -0.3 is 9.59 Å². The molecule has 3 heteroatoms. The molecule has 1 rings (SSSR count). The van der Waals surface area contributed by atoms with E-state index in [1.165, 1.54) is 0 Å². The minimum atomic E-state index is -2.53. The lowest BCUT2D eigenvalue weighted by Crippen LogP contribution is -2.29. The Hall–Kier alpha value is -0.643. The van der Waals surface area contributed by atoms with Gasteiger partial charge in [0.1, 0.15) is 0 Å². The molecular formula is C6H8O2Si. The first-order valence-electron chi connectivity index (χ1n) is 2.72. The first-order valence-corrected chi connectivity index (χ1v) is 4.33. The quantitative estimate of drug-likeness (QED) is 0.496. The summed E-state index contributed by atoms with van der Waals surface area (Å²) in [6.07, 6.45) is 0. The molecule has 1 aromatic rings. The normalized spacial score (nSPS) is 10.1. The Morgan fingerprint density at radius 2 is 1.56 bits per heavy atom. The molecule has 0 heterocycles. The molecule has 0 unspecified atom stereocenters. The fourth-order valence-electron chi connectivity index (χ4n) is 0.625. The third-order valence-electron chi connectivity index (χ3n) is 1.10. The topological polar surface area (TPSA) is 40.5 Å². The van der Waals surface area contributed by atoms with Crippen LogP contribution in [0.3, 0.4) is 0 Å². The highest BCUT2D eigenvalue weighted by atomic mass is 28.3. The van der Waals surface area contributed by atoms with Crippen LogP contribution in [0.4, 0.5) is 0 Å². The lowest BCUT2D eigenvalue weighted by Gasteiger charge is -1.96. The Bertz CT molecular complexity index is 174. The van der Waals surface area contributed by atoms with Crippen molar-refractivity contribution in [3.63, 3.8) is 0 Å². The molecule has 0 amide bonds. The first kappa shape index (κ1) is 6.48. The van der Waals surface area contributed by atoms with Crippen molar-refractivity contribution in [2.75, 3.05) is 0 Å². The van der Waals surface area contributed by atoms with Crippen molar-refractivity contribution in [3.8, 4) is 0 Å². The van der Waals surface area contributed by atoms with Gasteiger partial charge in [-0.1, -0.05) is 30.3 Å². The van der Waals surface area contributed by atoms with E-state index in [1.54, 1.807) is 24.3 Å². The molecule has 2 N–H and O–H groups in total. The summed E-state index contributed by atoms with van der Waals surface area (Å²) < 4.78 is 0. The van der Waals surface area contributed by atoms with Crippen molar-refractivity contribution in [1.29, 1.82) is 0 Å². The van der Waals surface area contributed by atoms with Crippen LogP contribution < -0.4 is 5.19 Å². The molecule has 0 atom stereocenters. The molecule has 0 aromatic heterocycles. The molecule has 0 fully saturated rings. The smallest absolute Gasteiger partial charge is 0.350 e. The number of benzene rings is 1. The summed E-state index contributed by atoms with van der Waals surface area (Å²) in [6, 6.07) is 8.87. The van der Waals surface area contributed by atoms with Crippen molar-refractivity contribution >= 4 is 14.5 Å². The summed E-state index contributed by atoms with van der Waals surface area (Å²) in [7, 11) is -2.53. The zero-order valence-corrected chi connectivity index (χ0v) is 6.01. The average Bonchev–Trinajstić information content (AvgIpc) is 1.90. The van der Waals surface area contributed by atoms with E-state index in [-0.39, 0.29) is 0 Å². The number of hydrogen-bond donors (Lipinski definition) is 2. The highest BCUT2D eigenvalue weighted by Crippen LogP contribution is 1.82. The molecule has 1 aromatic carbocycles. The minimum absolute atomic E-state index is 0.664. The van der Waals surface area contributed by atoms with Crippen LogP contribution in [0.2, 0.25) is 0 Å². The first-order chi connectivity index (χ1) is 4.30. The van der Waals surface area contributed by atoms with Gasteiger partial charge in [-0.2, -0.15) is 0 Å². The summed E-state index contributed by atoms with van der Waals surface area (Å²) in [5, 5.41) is 0.664. The highest BCUT2D eigenvalue weighted by Gasteiger charge is 2.02. The molecule has 0 bridgehead atoms.